The first-order valence-corrected chi connectivity index (χ1v) is 11.6. The molecule has 2 aromatic carbocycles. The average Bonchev–Trinajstić information content (AvgIpc) is 3.34. The largest absolute Gasteiger partial charge is 0.497 e. The van der Waals surface area contributed by atoms with Crippen molar-refractivity contribution in [2.75, 3.05) is 19.5 Å². The Kier molecular flexibility index (Phi) is 6.55. The van der Waals surface area contributed by atoms with Crippen LogP contribution in [0.1, 0.15) is 39.0 Å². The molecular formula is C25H25N3O4S. The van der Waals surface area contributed by atoms with Gasteiger partial charge in [-0.3, -0.25) is 9.36 Å². The van der Waals surface area contributed by atoms with Crippen LogP contribution in [0.2, 0.25) is 0 Å². The highest BCUT2D eigenvalue weighted by Gasteiger charge is 2.23. The number of carbonyl (C=O) groups excluding carboxylic acids is 2. The van der Waals surface area contributed by atoms with Crippen LogP contribution in [0.25, 0.3) is 16.7 Å². The summed E-state index contributed by atoms with van der Waals surface area (Å²) in [6, 6.07) is 15.6. The second kappa shape index (κ2) is 9.54. The molecule has 8 heteroatoms. The monoisotopic (exact) mass is 463 g/mol. The van der Waals surface area contributed by atoms with E-state index >= 15 is 0 Å². The minimum atomic E-state index is -0.420. The maximum Gasteiger partial charge on any atom is 0.340 e. The van der Waals surface area contributed by atoms with Crippen LogP contribution in [0, 0.1) is 13.8 Å². The summed E-state index contributed by atoms with van der Waals surface area (Å²) in [5, 5.41) is 0.710. The molecule has 1 N–H and O–H groups in total. The fourth-order valence-corrected chi connectivity index (χ4v) is 4.72. The topological polar surface area (TPSA) is 86.2 Å². The molecule has 0 aliphatic carbocycles. The zero-order valence-corrected chi connectivity index (χ0v) is 19.8. The van der Waals surface area contributed by atoms with Crippen LogP contribution < -0.4 is 4.74 Å². The summed E-state index contributed by atoms with van der Waals surface area (Å²) in [5.41, 5.74) is 4.82. The number of para-hydroxylation sites is 2. The molecule has 0 saturated heterocycles. The zero-order valence-electron chi connectivity index (χ0n) is 19.0. The molecule has 0 aliphatic heterocycles. The Morgan fingerprint density at radius 1 is 1.09 bits per heavy atom. The molecular weight excluding hydrogens is 438 g/mol. The molecule has 0 bridgehead atoms. The summed E-state index contributed by atoms with van der Waals surface area (Å²) in [7, 11) is 1.63. The van der Waals surface area contributed by atoms with Gasteiger partial charge in [0.25, 0.3) is 0 Å². The van der Waals surface area contributed by atoms with Crippen molar-refractivity contribution in [1.82, 2.24) is 14.5 Å². The Labute approximate surface area is 196 Å². The molecule has 0 amide bonds. The van der Waals surface area contributed by atoms with Gasteiger partial charge in [0.1, 0.15) is 5.75 Å². The van der Waals surface area contributed by atoms with E-state index in [2.05, 4.69) is 4.98 Å². The third kappa shape index (κ3) is 4.39. The third-order valence-corrected chi connectivity index (χ3v) is 6.33. The normalized spacial score (nSPS) is 11.0. The fourth-order valence-electron chi connectivity index (χ4n) is 3.82. The number of hydrogen-bond acceptors (Lipinski definition) is 6. The molecule has 33 heavy (non-hydrogen) atoms. The van der Waals surface area contributed by atoms with Crippen LogP contribution in [0.4, 0.5) is 0 Å². The van der Waals surface area contributed by atoms with E-state index < -0.39 is 5.97 Å². The fraction of sp³-hybridized carbons (Fsp3) is 0.240. The number of fused-ring (bicyclic) bond motifs is 1. The molecule has 0 atom stereocenters. The second-order valence-corrected chi connectivity index (χ2v) is 8.42. The van der Waals surface area contributed by atoms with Gasteiger partial charge in [-0.1, -0.05) is 23.9 Å². The van der Waals surface area contributed by atoms with E-state index in [0.717, 1.165) is 22.5 Å². The Balaban J connectivity index is 1.63. The summed E-state index contributed by atoms with van der Waals surface area (Å²) >= 11 is 1.36. The molecule has 0 unspecified atom stereocenters. The number of hydrogen-bond donors (Lipinski definition) is 1. The number of methoxy groups -OCH3 is 1. The van der Waals surface area contributed by atoms with Crippen molar-refractivity contribution in [3.8, 4) is 11.4 Å². The number of nitrogens with zero attached hydrogens (tertiary/aromatic N) is 2. The van der Waals surface area contributed by atoms with Crippen molar-refractivity contribution in [3.05, 3.63) is 71.0 Å². The number of ether oxygens (including phenoxy) is 2. The minimum Gasteiger partial charge on any atom is -0.497 e. The molecule has 2 heterocycles. The maximum atomic E-state index is 13.1. The summed E-state index contributed by atoms with van der Waals surface area (Å²) in [4.78, 5) is 33.2. The number of imidazole rings is 1. The number of thioether (sulfide) groups is 1. The molecule has 170 valence electrons. The van der Waals surface area contributed by atoms with Crippen molar-refractivity contribution >= 4 is 34.5 Å². The zero-order chi connectivity index (χ0) is 23.5. The summed E-state index contributed by atoms with van der Waals surface area (Å²) in [5.74, 6) is 0.409. The van der Waals surface area contributed by atoms with Crippen LogP contribution in [0.15, 0.2) is 53.7 Å². The number of aryl methyl sites for hydroxylation is 1. The smallest absolute Gasteiger partial charge is 0.340 e. The van der Waals surface area contributed by atoms with Gasteiger partial charge >= 0.3 is 5.97 Å². The number of esters is 1. The first-order chi connectivity index (χ1) is 15.9. The van der Waals surface area contributed by atoms with E-state index in [-0.39, 0.29) is 18.1 Å². The SMILES string of the molecule is CCOC(=O)c1c(C)[nH]c(C(=O)CSc2nc3ccccc3n2-c2ccc(OC)cc2)c1C. The van der Waals surface area contributed by atoms with Crippen molar-refractivity contribution in [3.63, 3.8) is 0 Å². The molecule has 7 nitrogen and oxygen atoms in total. The lowest BCUT2D eigenvalue weighted by molar-refractivity contribution is 0.0525. The number of carbonyl (C=O) groups is 2. The summed E-state index contributed by atoms with van der Waals surface area (Å²) < 4.78 is 12.4. The average molecular weight is 464 g/mol. The number of ketones is 1. The van der Waals surface area contributed by atoms with Crippen LogP contribution in [0.3, 0.4) is 0 Å². The minimum absolute atomic E-state index is 0.107. The lowest BCUT2D eigenvalue weighted by Gasteiger charge is -2.10. The first-order valence-electron chi connectivity index (χ1n) is 10.6. The number of aromatic amines is 1. The summed E-state index contributed by atoms with van der Waals surface area (Å²) in [6.45, 7) is 5.57. The Morgan fingerprint density at radius 2 is 1.82 bits per heavy atom. The van der Waals surface area contributed by atoms with E-state index in [9.17, 15) is 9.59 Å². The predicted octanol–water partition coefficient (Wildman–Crippen LogP) is 5.13. The third-order valence-electron chi connectivity index (χ3n) is 5.39. The lowest BCUT2D eigenvalue weighted by atomic mass is 10.1. The molecule has 2 aromatic heterocycles. The number of H-pyrrole nitrogens is 1. The first kappa shape index (κ1) is 22.7. The number of nitrogens with one attached hydrogen (secondary N) is 1. The standard InChI is InChI=1S/C25H25N3O4S/c1-5-32-24(30)22-15(2)23(26-16(22)3)21(29)14-33-25-27-19-8-6-7-9-20(19)28(25)17-10-12-18(31-4)13-11-17/h6-13,26H,5,14H2,1-4H3. The quantitative estimate of drug-likeness (QED) is 0.221. The molecule has 4 aromatic rings. The molecule has 0 fully saturated rings. The highest BCUT2D eigenvalue weighted by Crippen LogP contribution is 2.30. The number of rotatable bonds is 8. The second-order valence-electron chi connectivity index (χ2n) is 7.47. The van der Waals surface area contributed by atoms with Crippen molar-refractivity contribution in [2.24, 2.45) is 0 Å². The van der Waals surface area contributed by atoms with Gasteiger partial charge in [0.2, 0.25) is 0 Å². The Morgan fingerprint density at radius 3 is 2.52 bits per heavy atom. The summed E-state index contributed by atoms with van der Waals surface area (Å²) in [6.07, 6.45) is 0. The van der Waals surface area contributed by atoms with Crippen molar-refractivity contribution < 1.29 is 19.1 Å². The Hall–Kier alpha value is -3.52. The highest BCUT2D eigenvalue weighted by atomic mass is 32.2. The van der Waals surface area contributed by atoms with Crippen molar-refractivity contribution in [1.29, 1.82) is 0 Å². The molecule has 0 saturated carbocycles. The molecule has 0 radical (unpaired) electrons. The van der Waals surface area contributed by atoms with E-state index in [1.54, 1.807) is 27.9 Å². The van der Waals surface area contributed by atoms with Gasteiger partial charge in [-0.05, 0) is 62.7 Å². The number of Topliss-reactive ketones (excluding diaryl/α,β-unsaturated/α-hetero) is 1. The van der Waals surface area contributed by atoms with Gasteiger partial charge in [-0.15, -0.1) is 0 Å². The maximum absolute atomic E-state index is 13.1. The van der Waals surface area contributed by atoms with Gasteiger partial charge in [0, 0.05) is 11.4 Å². The molecule has 0 aliphatic rings. The molecule has 0 spiro atoms. The number of aromatic nitrogens is 3. The highest BCUT2D eigenvalue weighted by molar-refractivity contribution is 7.99. The molecule has 4 rings (SSSR count). The van der Waals surface area contributed by atoms with Gasteiger partial charge in [-0.2, -0.15) is 0 Å². The van der Waals surface area contributed by atoms with Gasteiger partial charge in [-0.25, -0.2) is 9.78 Å². The van der Waals surface area contributed by atoms with E-state index in [1.165, 1.54) is 11.8 Å². The van der Waals surface area contributed by atoms with Gasteiger partial charge in [0.05, 0.1) is 41.8 Å². The van der Waals surface area contributed by atoms with Gasteiger partial charge < -0.3 is 14.5 Å². The lowest BCUT2D eigenvalue weighted by Crippen LogP contribution is -2.09. The van der Waals surface area contributed by atoms with Crippen LogP contribution >= 0.6 is 11.8 Å². The van der Waals surface area contributed by atoms with Crippen LogP contribution in [-0.2, 0) is 4.74 Å². The van der Waals surface area contributed by atoms with Crippen LogP contribution in [-0.4, -0.2) is 45.8 Å². The van der Waals surface area contributed by atoms with E-state index in [0.29, 0.717) is 27.7 Å². The van der Waals surface area contributed by atoms with Crippen LogP contribution in [0.5, 0.6) is 5.75 Å². The van der Waals surface area contributed by atoms with Crippen molar-refractivity contribution in [2.45, 2.75) is 25.9 Å². The predicted molar refractivity (Wildman–Crippen MR) is 129 cm³/mol. The van der Waals surface area contributed by atoms with Gasteiger partial charge in [0.15, 0.2) is 10.9 Å². The number of benzene rings is 2. The Bertz CT molecular complexity index is 1320. The van der Waals surface area contributed by atoms with E-state index in [1.807, 2.05) is 53.1 Å². The van der Waals surface area contributed by atoms with E-state index in [4.69, 9.17) is 14.5 Å².